The van der Waals surface area contributed by atoms with Crippen molar-refractivity contribution < 1.29 is 9.59 Å². The summed E-state index contributed by atoms with van der Waals surface area (Å²) in [6.45, 7) is 0. The quantitative estimate of drug-likeness (QED) is 0.615. The molecule has 0 unspecified atom stereocenters. The fourth-order valence-corrected chi connectivity index (χ4v) is 3.66. The molecule has 5 nitrogen and oxygen atoms in total. The Hall–Kier alpha value is -2.44. The predicted molar refractivity (Wildman–Crippen MR) is 117 cm³/mol. The molecule has 1 aliphatic carbocycles. The highest BCUT2D eigenvalue weighted by atomic mass is 35.5. The van der Waals surface area contributed by atoms with Crippen LogP contribution in [0, 0.1) is 5.92 Å². The van der Waals surface area contributed by atoms with E-state index < -0.39 is 0 Å². The minimum Gasteiger partial charge on any atom is -0.332 e. The first-order chi connectivity index (χ1) is 13.5. The first-order valence-corrected chi connectivity index (χ1v) is 10.1. The van der Waals surface area contributed by atoms with E-state index in [0.29, 0.717) is 22.0 Å². The molecule has 0 bridgehead atoms. The van der Waals surface area contributed by atoms with Gasteiger partial charge in [0.15, 0.2) is 5.11 Å². The molecule has 2 amide bonds. The lowest BCUT2D eigenvalue weighted by Crippen LogP contribution is -2.39. The molecule has 0 saturated heterocycles. The van der Waals surface area contributed by atoms with Crippen LogP contribution in [-0.4, -0.2) is 16.9 Å². The molecule has 7 heteroatoms. The van der Waals surface area contributed by atoms with Gasteiger partial charge in [-0.05, 0) is 61.5 Å². The minimum atomic E-state index is -0.261. The van der Waals surface area contributed by atoms with Gasteiger partial charge in [0.1, 0.15) is 0 Å². The van der Waals surface area contributed by atoms with Crippen molar-refractivity contribution in [3.63, 3.8) is 0 Å². The third kappa shape index (κ3) is 5.78. The molecular weight excluding hydrogens is 394 g/mol. The summed E-state index contributed by atoms with van der Waals surface area (Å²) in [5, 5.41) is 9.33. The average molecular weight is 416 g/mol. The lowest BCUT2D eigenvalue weighted by molar-refractivity contribution is -0.124. The number of hydrogen-bond donors (Lipinski definition) is 3. The van der Waals surface area contributed by atoms with Crippen LogP contribution >= 0.6 is 23.8 Å². The summed E-state index contributed by atoms with van der Waals surface area (Å²) in [4.78, 5) is 24.8. The fraction of sp³-hybridized carbons (Fsp3) is 0.286. The zero-order valence-corrected chi connectivity index (χ0v) is 16.9. The van der Waals surface area contributed by atoms with Gasteiger partial charge in [-0.3, -0.25) is 9.59 Å². The van der Waals surface area contributed by atoms with Crippen LogP contribution in [0.4, 0.5) is 11.4 Å². The molecule has 1 aliphatic rings. The molecule has 0 aromatic heterocycles. The van der Waals surface area contributed by atoms with E-state index in [4.69, 9.17) is 23.8 Å². The maximum absolute atomic E-state index is 12.5. The van der Waals surface area contributed by atoms with Gasteiger partial charge in [-0.15, -0.1) is 0 Å². The van der Waals surface area contributed by atoms with Gasteiger partial charge in [-0.25, -0.2) is 0 Å². The lowest BCUT2D eigenvalue weighted by Gasteiger charge is -2.21. The predicted octanol–water partition coefficient (Wildman–Crippen LogP) is 4.99. The molecule has 0 heterocycles. The standard InChI is InChI=1S/C21H22ClN3O2S/c22-16-9-5-11-18(13-16)23-20(27)15-8-4-10-17(12-15)24-21(28)25-19(26)14-6-2-1-3-7-14/h4-5,8-14H,1-3,6-7H2,(H,23,27)(H2,24,25,26,28). The van der Waals surface area contributed by atoms with E-state index >= 15 is 0 Å². The van der Waals surface area contributed by atoms with Crippen LogP contribution in [0.3, 0.4) is 0 Å². The minimum absolute atomic E-state index is 0.0308. The molecule has 2 aromatic carbocycles. The monoisotopic (exact) mass is 415 g/mol. The van der Waals surface area contributed by atoms with Gasteiger partial charge in [0.05, 0.1) is 0 Å². The number of halogens is 1. The first kappa shape index (κ1) is 20.3. The number of rotatable bonds is 4. The Morgan fingerprint density at radius 1 is 0.929 bits per heavy atom. The molecule has 3 rings (SSSR count). The molecular formula is C21H22ClN3O2S. The van der Waals surface area contributed by atoms with Crippen molar-refractivity contribution in [2.45, 2.75) is 32.1 Å². The third-order valence-corrected chi connectivity index (χ3v) is 5.12. The van der Waals surface area contributed by atoms with Gasteiger partial charge in [0.2, 0.25) is 5.91 Å². The highest BCUT2D eigenvalue weighted by molar-refractivity contribution is 7.80. The Morgan fingerprint density at radius 2 is 1.61 bits per heavy atom. The molecule has 0 atom stereocenters. The summed E-state index contributed by atoms with van der Waals surface area (Å²) in [7, 11) is 0. The lowest BCUT2D eigenvalue weighted by atomic mass is 9.89. The zero-order valence-electron chi connectivity index (χ0n) is 15.3. The summed E-state index contributed by atoms with van der Waals surface area (Å²) in [6, 6.07) is 13.9. The van der Waals surface area contributed by atoms with E-state index in [1.165, 1.54) is 6.42 Å². The second kappa shape index (κ2) is 9.66. The molecule has 1 fully saturated rings. The maximum atomic E-state index is 12.5. The second-order valence-electron chi connectivity index (χ2n) is 6.82. The van der Waals surface area contributed by atoms with Crippen LogP contribution in [0.2, 0.25) is 5.02 Å². The van der Waals surface area contributed by atoms with Gasteiger partial charge in [-0.2, -0.15) is 0 Å². The highest BCUT2D eigenvalue weighted by Gasteiger charge is 2.21. The maximum Gasteiger partial charge on any atom is 0.255 e. The van der Waals surface area contributed by atoms with Crippen molar-refractivity contribution in [2.24, 2.45) is 5.92 Å². The first-order valence-electron chi connectivity index (χ1n) is 9.30. The van der Waals surface area contributed by atoms with E-state index in [0.717, 1.165) is 25.7 Å². The number of nitrogens with one attached hydrogen (secondary N) is 3. The topological polar surface area (TPSA) is 70.2 Å². The molecule has 28 heavy (non-hydrogen) atoms. The summed E-state index contributed by atoms with van der Waals surface area (Å²) in [5.74, 6) is -0.265. The summed E-state index contributed by atoms with van der Waals surface area (Å²) < 4.78 is 0. The molecule has 0 aliphatic heterocycles. The van der Waals surface area contributed by atoms with Crippen molar-refractivity contribution >= 4 is 52.1 Å². The number of hydrogen-bond acceptors (Lipinski definition) is 3. The Labute approximate surface area is 174 Å². The number of benzene rings is 2. The van der Waals surface area contributed by atoms with E-state index in [1.54, 1.807) is 48.5 Å². The van der Waals surface area contributed by atoms with Crippen LogP contribution in [0.15, 0.2) is 48.5 Å². The van der Waals surface area contributed by atoms with E-state index in [-0.39, 0.29) is 22.8 Å². The van der Waals surface area contributed by atoms with Crippen LogP contribution in [0.5, 0.6) is 0 Å². The number of anilines is 2. The number of carbonyl (C=O) groups is 2. The van der Waals surface area contributed by atoms with Gasteiger partial charge >= 0.3 is 0 Å². The largest absolute Gasteiger partial charge is 0.332 e. The fourth-order valence-electron chi connectivity index (χ4n) is 3.25. The summed E-state index contributed by atoms with van der Waals surface area (Å²) in [5.41, 5.74) is 1.71. The SMILES string of the molecule is O=C(Nc1cccc(Cl)c1)c1cccc(NC(=S)NC(=O)C2CCCCC2)c1. The van der Waals surface area contributed by atoms with Gasteiger partial charge in [-0.1, -0.05) is 43.0 Å². The van der Waals surface area contributed by atoms with Gasteiger partial charge in [0, 0.05) is 27.9 Å². The number of thiocarbonyl (C=S) groups is 1. The summed E-state index contributed by atoms with van der Waals surface area (Å²) in [6.07, 6.45) is 5.18. The second-order valence-corrected chi connectivity index (χ2v) is 7.67. The van der Waals surface area contributed by atoms with Crippen molar-refractivity contribution in [3.8, 4) is 0 Å². The average Bonchev–Trinajstić information content (AvgIpc) is 2.68. The number of amides is 2. The van der Waals surface area contributed by atoms with Crippen molar-refractivity contribution in [3.05, 3.63) is 59.1 Å². The van der Waals surface area contributed by atoms with E-state index in [1.807, 2.05) is 0 Å². The smallest absolute Gasteiger partial charge is 0.255 e. The van der Waals surface area contributed by atoms with E-state index in [2.05, 4.69) is 16.0 Å². The molecule has 146 valence electrons. The Morgan fingerprint density at radius 3 is 2.32 bits per heavy atom. The summed E-state index contributed by atoms with van der Waals surface area (Å²) >= 11 is 11.2. The van der Waals surface area contributed by atoms with Crippen LogP contribution < -0.4 is 16.0 Å². The van der Waals surface area contributed by atoms with Crippen LogP contribution in [-0.2, 0) is 4.79 Å². The van der Waals surface area contributed by atoms with Gasteiger partial charge in [0.25, 0.3) is 5.91 Å². The Kier molecular flexibility index (Phi) is 7.01. The zero-order chi connectivity index (χ0) is 19.9. The van der Waals surface area contributed by atoms with Gasteiger partial charge < -0.3 is 16.0 Å². The third-order valence-electron chi connectivity index (χ3n) is 4.68. The van der Waals surface area contributed by atoms with Crippen LogP contribution in [0.25, 0.3) is 0 Å². The molecule has 0 spiro atoms. The molecule has 1 saturated carbocycles. The number of carbonyl (C=O) groups excluding carboxylic acids is 2. The molecule has 3 N–H and O–H groups in total. The van der Waals surface area contributed by atoms with Crippen molar-refractivity contribution in [1.29, 1.82) is 0 Å². The normalized spacial score (nSPS) is 14.2. The Balaban J connectivity index is 1.58. The molecule has 0 radical (unpaired) electrons. The van der Waals surface area contributed by atoms with Crippen molar-refractivity contribution in [1.82, 2.24) is 5.32 Å². The van der Waals surface area contributed by atoms with E-state index in [9.17, 15) is 9.59 Å². The highest BCUT2D eigenvalue weighted by Crippen LogP contribution is 2.23. The Bertz CT molecular complexity index is 881. The van der Waals surface area contributed by atoms with Crippen molar-refractivity contribution in [2.75, 3.05) is 10.6 Å². The van der Waals surface area contributed by atoms with Crippen LogP contribution in [0.1, 0.15) is 42.5 Å². The molecule has 2 aromatic rings.